The molecule has 2 unspecified atom stereocenters. The lowest BCUT2D eigenvalue weighted by molar-refractivity contribution is -0.135. The maximum Gasteiger partial charge on any atom is 0.239 e. The van der Waals surface area contributed by atoms with E-state index in [0.29, 0.717) is 19.5 Å². The zero-order valence-corrected chi connectivity index (χ0v) is 13.1. The molecule has 1 aromatic carbocycles. The van der Waals surface area contributed by atoms with Crippen LogP contribution in [0.5, 0.6) is 0 Å². The topological polar surface area (TPSA) is 55.6 Å². The van der Waals surface area contributed by atoms with Crippen LogP contribution in [0.15, 0.2) is 24.3 Å². The van der Waals surface area contributed by atoms with Crippen molar-refractivity contribution in [2.45, 2.75) is 51.3 Å². The molecule has 22 heavy (non-hydrogen) atoms. The molecule has 2 rings (SSSR count). The van der Waals surface area contributed by atoms with Crippen LogP contribution in [0.2, 0.25) is 0 Å². The fourth-order valence-electron chi connectivity index (χ4n) is 2.79. The number of rotatable bonds is 7. The largest absolute Gasteiger partial charge is 0.376 e. The molecule has 1 fully saturated rings. The summed E-state index contributed by atoms with van der Waals surface area (Å²) in [4.78, 5) is 14.3. The Morgan fingerprint density at radius 1 is 1.55 bits per heavy atom. The summed E-state index contributed by atoms with van der Waals surface area (Å²) in [6.45, 7) is 3.64. The highest BCUT2D eigenvalue weighted by molar-refractivity contribution is 5.81. The first-order valence-corrected chi connectivity index (χ1v) is 8.00. The summed E-state index contributed by atoms with van der Waals surface area (Å²) < 4.78 is 19.0. The van der Waals surface area contributed by atoms with Gasteiger partial charge in [0.1, 0.15) is 5.82 Å². The number of halogens is 1. The van der Waals surface area contributed by atoms with Gasteiger partial charge in [-0.15, -0.1) is 0 Å². The quantitative estimate of drug-likeness (QED) is 0.842. The average molecular weight is 308 g/mol. The molecule has 2 N–H and O–H groups in total. The predicted molar refractivity (Wildman–Crippen MR) is 83.7 cm³/mol. The van der Waals surface area contributed by atoms with Crippen LogP contribution < -0.4 is 5.73 Å². The highest BCUT2D eigenvalue weighted by atomic mass is 19.1. The Labute approximate surface area is 131 Å². The van der Waals surface area contributed by atoms with Crippen LogP contribution in [0.3, 0.4) is 0 Å². The molecule has 0 bridgehead atoms. The Morgan fingerprint density at radius 2 is 2.36 bits per heavy atom. The molecule has 122 valence electrons. The molecule has 1 aliphatic heterocycles. The van der Waals surface area contributed by atoms with E-state index in [9.17, 15) is 9.18 Å². The van der Waals surface area contributed by atoms with E-state index < -0.39 is 6.04 Å². The standard InChI is InChI=1S/C17H25FN2O2/c1-2-5-16(19)17(21)20(12-15-8-4-9-22-15)11-13-6-3-7-14(18)10-13/h3,6-7,10,15-16H,2,4-5,8-9,11-12,19H2,1H3. The zero-order valence-electron chi connectivity index (χ0n) is 13.1. The number of carbonyl (C=O) groups is 1. The molecule has 0 aliphatic carbocycles. The molecule has 5 heteroatoms. The molecule has 1 aromatic rings. The lowest BCUT2D eigenvalue weighted by atomic mass is 10.1. The minimum absolute atomic E-state index is 0.0614. The number of nitrogens with zero attached hydrogens (tertiary/aromatic N) is 1. The van der Waals surface area contributed by atoms with Gasteiger partial charge in [-0.25, -0.2) is 4.39 Å². The van der Waals surface area contributed by atoms with Gasteiger partial charge in [-0.05, 0) is 37.0 Å². The summed E-state index contributed by atoms with van der Waals surface area (Å²) in [6, 6.07) is 5.84. The van der Waals surface area contributed by atoms with Gasteiger partial charge in [0.25, 0.3) is 0 Å². The van der Waals surface area contributed by atoms with E-state index in [1.54, 1.807) is 11.0 Å². The van der Waals surface area contributed by atoms with E-state index in [1.807, 2.05) is 13.0 Å². The summed E-state index contributed by atoms with van der Waals surface area (Å²) in [6.07, 6.45) is 3.56. The van der Waals surface area contributed by atoms with Gasteiger partial charge in [-0.1, -0.05) is 25.5 Å². The van der Waals surface area contributed by atoms with Gasteiger partial charge in [0.15, 0.2) is 0 Å². The molecular formula is C17H25FN2O2. The molecule has 1 heterocycles. The number of nitrogens with two attached hydrogens (primary N) is 1. The van der Waals surface area contributed by atoms with Gasteiger partial charge in [0.2, 0.25) is 5.91 Å². The maximum atomic E-state index is 13.4. The van der Waals surface area contributed by atoms with Gasteiger partial charge >= 0.3 is 0 Å². The van der Waals surface area contributed by atoms with Crippen molar-refractivity contribution in [3.63, 3.8) is 0 Å². The van der Waals surface area contributed by atoms with Gasteiger partial charge in [0.05, 0.1) is 12.1 Å². The first kappa shape index (κ1) is 16.9. The van der Waals surface area contributed by atoms with E-state index in [4.69, 9.17) is 10.5 Å². The highest BCUT2D eigenvalue weighted by Gasteiger charge is 2.25. The molecule has 0 aromatic heterocycles. The Morgan fingerprint density at radius 3 is 3.00 bits per heavy atom. The maximum absolute atomic E-state index is 13.4. The van der Waals surface area contributed by atoms with Crippen molar-refractivity contribution in [1.82, 2.24) is 4.90 Å². The van der Waals surface area contributed by atoms with Crippen LogP contribution in [0.1, 0.15) is 38.2 Å². The Hall–Kier alpha value is -1.46. The first-order valence-electron chi connectivity index (χ1n) is 8.00. The van der Waals surface area contributed by atoms with Gasteiger partial charge in [-0.2, -0.15) is 0 Å². The average Bonchev–Trinajstić information content (AvgIpc) is 2.99. The van der Waals surface area contributed by atoms with E-state index in [2.05, 4.69) is 0 Å². The van der Waals surface area contributed by atoms with Gasteiger partial charge < -0.3 is 15.4 Å². The summed E-state index contributed by atoms with van der Waals surface area (Å²) in [5.74, 6) is -0.374. The van der Waals surface area contributed by atoms with Crippen molar-refractivity contribution in [2.24, 2.45) is 5.73 Å². The van der Waals surface area contributed by atoms with E-state index >= 15 is 0 Å². The van der Waals surface area contributed by atoms with Crippen LogP contribution in [-0.2, 0) is 16.1 Å². The molecule has 4 nitrogen and oxygen atoms in total. The lowest BCUT2D eigenvalue weighted by Crippen LogP contribution is -2.46. The van der Waals surface area contributed by atoms with Crippen LogP contribution in [0.4, 0.5) is 4.39 Å². The summed E-state index contributed by atoms with van der Waals surface area (Å²) >= 11 is 0. The normalized spacial score (nSPS) is 19.1. The third-order valence-electron chi connectivity index (χ3n) is 3.94. The second-order valence-corrected chi connectivity index (χ2v) is 5.88. The number of carbonyl (C=O) groups excluding carboxylic acids is 1. The van der Waals surface area contributed by atoms with Crippen molar-refractivity contribution in [1.29, 1.82) is 0 Å². The number of hydrogen-bond donors (Lipinski definition) is 1. The number of hydrogen-bond acceptors (Lipinski definition) is 3. The Kier molecular flexibility index (Phi) is 6.34. The fourth-order valence-corrected chi connectivity index (χ4v) is 2.79. The molecule has 0 spiro atoms. The fraction of sp³-hybridized carbons (Fsp3) is 0.588. The van der Waals surface area contributed by atoms with E-state index in [1.165, 1.54) is 12.1 Å². The minimum atomic E-state index is -0.500. The third kappa shape index (κ3) is 4.78. The van der Waals surface area contributed by atoms with Gasteiger partial charge in [0, 0.05) is 19.7 Å². The van der Waals surface area contributed by atoms with Crippen LogP contribution >= 0.6 is 0 Å². The monoisotopic (exact) mass is 308 g/mol. The molecule has 1 aliphatic rings. The molecule has 1 saturated heterocycles. The third-order valence-corrected chi connectivity index (χ3v) is 3.94. The van der Waals surface area contributed by atoms with Crippen molar-refractivity contribution in [3.05, 3.63) is 35.6 Å². The number of amides is 1. The molecule has 0 radical (unpaired) electrons. The molecular weight excluding hydrogens is 283 g/mol. The van der Waals surface area contributed by atoms with Crippen LogP contribution in [0, 0.1) is 5.82 Å². The summed E-state index contributed by atoms with van der Waals surface area (Å²) in [5.41, 5.74) is 6.75. The lowest BCUT2D eigenvalue weighted by Gasteiger charge is -2.28. The second-order valence-electron chi connectivity index (χ2n) is 5.88. The SMILES string of the molecule is CCCC(N)C(=O)N(Cc1cccc(F)c1)CC1CCCO1. The van der Waals surface area contributed by atoms with Crippen molar-refractivity contribution in [3.8, 4) is 0 Å². The predicted octanol–water partition coefficient (Wildman–Crippen LogP) is 2.46. The zero-order chi connectivity index (χ0) is 15.9. The smallest absolute Gasteiger partial charge is 0.239 e. The Bertz CT molecular complexity index is 489. The number of ether oxygens (including phenoxy) is 1. The number of benzene rings is 1. The van der Waals surface area contributed by atoms with Crippen LogP contribution in [0.25, 0.3) is 0 Å². The van der Waals surface area contributed by atoms with E-state index in [-0.39, 0.29) is 17.8 Å². The summed E-state index contributed by atoms with van der Waals surface area (Å²) in [7, 11) is 0. The Balaban J connectivity index is 2.07. The first-order chi connectivity index (χ1) is 10.6. The van der Waals surface area contributed by atoms with Crippen LogP contribution in [-0.4, -0.2) is 36.1 Å². The molecule has 2 atom stereocenters. The molecule has 1 amide bonds. The van der Waals surface area contributed by atoms with E-state index in [0.717, 1.165) is 31.4 Å². The van der Waals surface area contributed by atoms with Gasteiger partial charge in [-0.3, -0.25) is 4.79 Å². The van der Waals surface area contributed by atoms with Crippen molar-refractivity contribution in [2.75, 3.05) is 13.2 Å². The molecule has 0 saturated carbocycles. The van der Waals surface area contributed by atoms with Crippen molar-refractivity contribution >= 4 is 5.91 Å². The van der Waals surface area contributed by atoms with Crippen molar-refractivity contribution < 1.29 is 13.9 Å². The highest BCUT2D eigenvalue weighted by Crippen LogP contribution is 2.16. The minimum Gasteiger partial charge on any atom is -0.376 e. The summed E-state index contributed by atoms with van der Waals surface area (Å²) in [5, 5.41) is 0. The second kappa shape index (κ2) is 8.25.